The molecule has 2 aromatic heterocycles. The molecule has 0 amide bonds. The van der Waals surface area contributed by atoms with Crippen LogP contribution in [0, 0.1) is 0 Å². The molecule has 66 heavy (non-hydrogen) atoms. The first-order valence-corrected chi connectivity index (χ1v) is 22.8. The van der Waals surface area contributed by atoms with E-state index in [4.69, 9.17) is 4.42 Å². The van der Waals surface area contributed by atoms with Crippen LogP contribution in [0.3, 0.4) is 0 Å². The standard InChI is InChI=1S/C63H44N2O/c1-63(2)57-17-9-6-14-51(57)52-37-28-46(38-58(52)63)45-26-33-49(34-27-45)64(47-29-20-42(21-30-47)41-12-4-3-5-13-41)48-31-22-43(23-32-48)44-24-35-50(36-25-44)65-59-18-10-7-15-53(59)55-40-62-56(39-60(55)65)54-16-8-11-19-61(54)66-62/h3-40H,1-2H3. The van der Waals surface area contributed by atoms with E-state index < -0.39 is 0 Å². The lowest BCUT2D eigenvalue weighted by Crippen LogP contribution is -2.14. The van der Waals surface area contributed by atoms with Gasteiger partial charge < -0.3 is 13.9 Å². The maximum Gasteiger partial charge on any atom is 0.136 e. The average molecular weight is 845 g/mol. The van der Waals surface area contributed by atoms with Gasteiger partial charge in [-0.2, -0.15) is 0 Å². The van der Waals surface area contributed by atoms with E-state index in [1.165, 1.54) is 66.3 Å². The minimum Gasteiger partial charge on any atom is -0.456 e. The van der Waals surface area contributed by atoms with E-state index in [0.29, 0.717) is 0 Å². The molecule has 312 valence electrons. The highest BCUT2D eigenvalue weighted by molar-refractivity contribution is 6.17. The topological polar surface area (TPSA) is 21.3 Å². The third kappa shape index (κ3) is 6.04. The second-order valence-electron chi connectivity index (χ2n) is 18.1. The summed E-state index contributed by atoms with van der Waals surface area (Å²) >= 11 is 0. The quantitative estimate of drug-likeness (QED) is 0.159. The lowest BCUT2D eigenvalue weighted by molar-refractivity contribution is 0.660. The molecule has 1 aliphatic carbocycles. The van der Waals surface area contributed by atoms with Crippen molar-refractivity contribution in [3.63, 3.8) is 0 Å². The van der Waals surface area contributed by atoms with Gasteiger partial charge >= 0.3 is 0 Å². The first-order valence-electron chi connectivity index (χ1n) is 22.8. The van der Waals surface area contributed by atoms with Gasteiger partial charge in [0.05, 0.1) is 11.0 Å². The van der Waals surface area contributed by atoms with Crippen LogP contribution in [0.25, 0.3) is 93.9 Å². The van der Waals surface area contributed by atoms with Crippen molar-refractivity contribution in [2.75, 3.05) is 4.90 Å². The van der Waals surface area contributed by atoms with Crippen LogP contribution >= 0.6 is 0 Å². The Hall–Kier alpha value is -8.40. The van der Waals surface area contributed by atoms with Crippen molar-refractivity contribution < 1.29 is 4.42 Å². The molecule has 2 heterocycles. The summed E-state index contributed by atoms with van der Waals surface area (Å²) in [5, 5.41) is 4.66. The Labute approximate surface area is 384 Å². The molecule has 0 bridgehead atoms. The van der Waals surface area contributed by atoms with Crippen molar-refractivity contribution >= 4 is 60.8 Å². The number of aromatic nitrogens is 1. The first-order chi connectivity index (χ1) is 32.5. The predicted molar refractivity (Wildman–Crippen MR) is 277 cm³/mol. The van der Waals surface area contributed by atoms with Gasteiger partial charge in [0.2, 0.25) is 0 Å². The molecule has 10 aromatic carbocycles. The molecule has 1 aliphatic rings. The Balaban J connectivity index is 0.843. The summed E-state index contributed by atoms with van der Waals surface area (Å²) in [6, 6.07) is 83.8. The molecule has 0 saturated heterocycles. The van der Waals surface area contributed by atoms with Crippen molar-refractivity contribution in [1.29, 1.82) is 0 Å². The highest BCUT2D eigenvalue weighted by Crippen LogP contribution is 2.50. The maximum absolute atomic E-state index is 6.32. The smallest absolute Gasteiger partial charge is 0.136 e. The molecule has 0 spiro atoms. The molecular weight excluding hydrogens is 801 g/mol. The van der Waals surface area contributed by atoms with E-state index in [2.05, 4.69) is 242 Å². The van der Waals surface area contributed by atoms with Crippen molar-refractivity contribution in [2.45, 2.75) is 19.3 Å². The van der Waals surface area contributed by atoms with Crippen LogP contribution in [-0.4, -0.2) is 4.57 Å². The summed E-state index contributed by atoms with van der Waals surface area (Å²) in [5.74, 6) is 0. The van der Waals surface area contributed by atoms with Crippen LogP contribution < -0.4 is 4.90 Å². The minimum absolute atomic E-state index is 0.0462. The molecule has 0 fully saturated rings. The van der Waals surface area contributed by atoms with E-state index in [-0.39, 0.29) is 5.41 Å². The van der Waals surface area contributed by atoms with Gasteiger partial charge in [-0.3, -0.25) is 0 Å². The number of fused-ring (bicyclic) bond motifs is 9. The van der Waals surface area contributed by atoms with Crippen molar-refractivity contribution in [2.24, 2.45) is 0 Å². The molecule has 12 aromatic rings. The Bertz CT molecular complexity index is 3800. The second kappa shape index (κ2) is 14.8. The molecule has 3 heteroatoms. The Kier molecular flexibility index (Phi) is 8.56. The lowest BCUT2D eigenvalue weighted by atomic mass is 9.81. The predicted octanol–water partition coefficient (Wildman–Crippen LogP) is 17.5. The molecule has 0 atom stereocenters. The molecule has 0 unspecified atom stereocenters. The molecule has 3 nitrogen and oxygen atoms in total. The van der Waals surface area contributed by atoms with Crippen LogP contribution in [0.1, 0.15) is 25.0 Å². The molecule has 0 radical (unpaired) electrons. The Morgan fingerprint density at radius 1 is 0.348 bits per heavy atom. The van der Waals surface area contributed by atoms with Gasteiger partial charge in [-0.1, -0.05) is 166 Å². The zero-order chi connectivity index (χ0) is 43.9. The fourth-order valence-electron chi connectivity index (χ4n) is 10.6. The zero-order valence-corrected chi connectivity index (χ0v) is 36.7. The van der Waals surface area contributed by atoms with Gasteiger partial charge in [0.25, 0.3) is 0 Å². The van der Waals surface area contributed by atoms with Crippen LogP contribution in [0.2, 0.25) is 0 Å². The summed E-state index contributed by atoms with van der Waals surface area (Å²) in [5.41, 5.74) is 21.2. The summed E-state index contributed by atoms with van der Waals surface area (Å²) in [6.07, 6.45) is 0. The monoisotopic (exact) mass is 844 g/mol. The fourth-order valence-corrected chi connectivity index (χ4v) is 10.6. The van der Waals surface area contributed by atoms with Gasteiger partial charge in [-0.25, -0.2) is 0 Å². The molecule has 0 aliphatic heterocycles. The van der Waals surface area contributed by atoms with Crippen LogP contribution in [0.15, 0.2) is 235 Å². The minimum atomic E-state index is -0.0462. The number of rotatable bonds is 7. The van der Waals surface area contributed by atoms with E-state index in [0.717, 1.165) is 55.8 Å². The molecule has 0 N–H and O–H groups in total. The highest BCUT2D eigenvalue weighted by Gasteiger charge is 2.35. The number of hydrogen-bond donors (Lipinski definition) is 0. The number of benzene rings is 10. The summed E-state index contributed by atoms with van der Waals surface area (Å²) in [4.78, 5) is 2.36. The van der Waals surface area contributed by atoms with Crippen molar-refractivity contribution in [3.8, 4) is 50.2 Å². The van der Waals surface area contributed by atoms with Gasteiger partial charge in [0.1, 0.15) is 11.2 Å². The third-order valence-electron chi connectivity index (χ3n) is 14.0. The number of para-hydroxylation sites is 2. The third-order valence-corrected chi connectivity index (χ3v) is 14.0. The highest BCUT2D eigenvalue weighted by atomic mass is 16.3. The van der Waals surface area contributed by atoms with Crippen LogP contribution in [0.5, 0.6) is 0 Å². The number of nitrogens with zero attached hydrogens (tertiary/aromatic N) is 2. The summed E-state index contributed by atoms with van der Waals surface area (Å²) in [6.45, 7) is 4.69. The SMILES string of the molecule is CC1(C)c2ccccc2-c2ccc(-c3ccc(N(c4ccc(-c5ccccc5)cc4)c4ccc(-c5ccc(-n6c7ccccc7c7cc8oc9ccccc9c8cc76)cc5)cc4)cc3)cc21. The van der Waals surface area contributed by atoms with Crippen LogP contribution in [-0.2, 0) is 5.41 Å². The fraction of sp³-hybridized carbons (Fsp3) is 0.0476. The maximum atomic E-state index is 6.32. The number of anilines is 3. The largest absolute Gasteiger partial charge is 0.456 e. The molecule has 0 saturated carbocycles. The van der Waals surface area contributed by atoms with Gasteiger partial charge in [-0.05, 0) is 134 Å². The van der Waals surface area contributed by atoms with E-state index >= 15 is 0 Å². The number of furan rings is 1. The zero-order valence-electron chi connectivity index (χ0n) is 36.7. The van der Waals surface area contributed by atoms with Crippen molar-refractivity contribution in [1.82, 2.24) is 4.57 Å². The Morgan fingerprint density at radius 2 is 0.864 bits per heavy atom. The molecule has 13 rings (SSSR count). The number of hydrogen-bond acceptors (Lipinski definition) is 2. The van der Waals surface area contributed by atoms with E-state index in [1.807, 2.05) is 12.1 Å². The van der Waals surface area contributed by atoms with E-state index in [1.54, 1.807) is 0 Å². The molecular formula is C63H44N2O. The van der Waals surface area contributed by atoms with Gasteiger partial charge in [0.15, 0.2) is 0 Å². The summed E-state index contributed by atoms with van der Waals surface area (Å²) in [7, 11) is 0. The van der Waals surface area contributed by atoms with Gasteiger partial charge in [0, 0.05) is 49.7 Å². The van der Waals surface area contributed by atoms with Gasteiger partial charge in [-0.15, -0.1) is 0 Å². The second-order valence-corrected chi connectivity index (χ2v) is 18.1. The Morgan fingerprint density at radius 3 is 1.55 bits per heavy atom. The lowest BCUT2D eigenvalue weighted by Gasteiger charge is -2.26. The first kappa shape index (κ1) is 38.1. The summed E-state index contributed by atoms with van der Waals surface area (Å²) < 4.78 is 8.70. The van der Waals surface area contributed by atoms with Crippen molar-refractivity contribution in [3.05, 3.63) is 242 Å². The average Bonchev–Trinajstić information content (AvgIpc) is 3.98. The normalized spacial score (nSPS) is 12.8. The van der Waals surface area contributed by atoms with Crippen LogP contribution in [0.4, 0.5) is 17.1 Å². The van der Waals surface area contributed by atoms with E-state index in [9.17, 15) is 0 Å².